The van der Waals surface area contributed by atoms with E-state index in [-0.39, 0.29) is 22.7 Å². The quantitative estimate of drug-likeness (QED) is 0.0554. The van der Waals surface area contributed by atoms with Crippen LogP contribution in [0.5, 0.6) is 0 Å². The molecule has 0 N–H and O–H groups in total. The second-order valence-corrected chi connectivity index (χ2v) is 43.3. The lowest BCUT2D eigenvalue weighted by Gasteiger charge is -2.26. The molecule has 0 aliphatic heterocycles. The number of benzene rings is 22. The predicted octanol–water partition coefficient (Wildman–Crippen LogP) is 41.8. The highest BCUT2D eigenvalue weighted by Gasteiger charge is 2.32. The first kappa shape index (κ1) is 90.4. The molecule has 22 aromatic carbocycles. The topological polar surface area (TPSA) is 6.48 Å². The van der Waals surface area contributed by atoms with Crippen LogP contribution in [0.1, 0.15) is 126 Å². The van der Waals surface area contributed by atoms with Crippen molar-refractivity contribution in [1.29, 1.82) is 0 Å². The maximum atomic E-state index is 16.0. The maximum Gasteiger partial charge on any atom is 0.147 e. The van der Waals surface area contributed by atoms with Gasteiger partial charge in [-0.2, -0.15) is 0 Å². The molecule has 0 bridgehead atoms. The fourth-order valence-electron chi connectivity index (χ4n) is 23.7. The summed E-state index contributed by atoms with van der Waals surface area (Å²) in [6.07, 6.45) is 5.35. The van der Waals surface area contributed by atoms with Crippen LogP contribution in [0.25, 0.3) is 212 Å². The van der Waals surface area contributed by atoms with Crippen molar-refractivity contribution in [2.75, 3.05) is 9.80 Å². The van der Waals surface area contributed by atoms with Gasteiger partial charge in [0.2, 0.25) is 0 Å². The first-order valence-corrected chi connectivity index (χ1v) is 53.9. The number of thiophene rings is 4. The van der Waals surface area contributed by atoms with Crippen LogP contribution in [0.15, 0.2) is 352 Å². The molecule has 0 unspecified atom stereocenters. The third-order valence-corrected chi connectivity index (χ3v) is 35.3. The normalized spacial score (nSPS) is 12.1. The second kappa shape index (κ2) is 36.2. The SMILES string of the molecule is CCc1cccc(CC)c1-c1cc2c3sc4cc(N(c5ccccc5F)c5ccccc5F)ccc4c3cc3c(-c4c(CC)cccc4CC)cc4c5sc6cc(N(c7ccccc7F)c7ccccc7F)ccc6c5cc1c4c32.CCc1ccccc1-c1cc2c3sc4cc(-c5ccccc5)c(C(C)C)cc4c3cc3c(-c4ccccc4CC)cc4c5sc6cc(-c7ccccc7)c(C(C)C)cc6c5cc1c4c32. The monoisotopic (exact) mass is 1940 g/mol. The van der Waals surface area contributed by atoms with Gasteiger partial charge in [0.05, 0.1) is 22.7 Å². The van der Waals surface area contributed by atoms with Crippen molar-refractivity contribution >= 4 is 225 Å². The molecule has 700 valence electrons. The number of anilines is 6. The number of halogens is 4. The van der Waals surface area contributed by atoms with Crippen molar-refractivity contribution in [3.8, 4) is 66.8 Å². The summed E-state index contributed by atoms with van der Waals surface area (Å²) in [5, 5.41) is 25.1. The summed E-state index contributed by atoms with van der Waals surface area (Å²) in [7, 11) is 0. The van der Waals surface area contributed by atoms with Gasteiger partial charge in [-0.3, -0.25) is 0 Å². The highest BCUT2D eigenvalue weighted by molar-refractivity contribution is 7.28. The third-order valence-electron chi connectivity index (χ3n) is 30.5. The van der Waals surface area contributed by atoms with E-state index in [2.05, 4.69) is 312 Å². The molecule has 144 heavy (non-hydrogen) atoms. The van der Waals surface area contributed by atoms with Crippen LogP contribution in [0.2, 0.25) is 0 Å². The highest BCUT2D eigenvalue weighted by Crippen LogP contribution is 2.59. The van der Waals surface area contributed by atoms with Gasteiger partial charge in [0.25, 0.3) is 0 Å². The van der Waals surface area contributed by atoms with Crippen LogP contribution in [0.4, 0.5) is 51.7 Å². The van der Waals surface area contributed by atoms with E-state index in [0.29, 0.717) is 23.2 Å². The minimum absolute atomic E-state index is 0.258. The Morgan fingerprint density at radius 1 is 0.208 bits per heavy atom. The first-order chi connectivity index (χ1) is 70.5. The van der Waals surface area contributed by atoms with Crippen LogP contribution >= 0.6 is 45.3 Å². The standard InChI is InChI=1S/C72H52F4N2S2.C62H50S2/c1-5-41-19-17-20-42(6-2)67(41)49-39-55-70-52(38-54-48-34-32-46(36-66(48)79-71(54)55)78(63-29-15-11-25-59(63)75)64-30-16-12-26-60(64)76)50(68-43(7-3)21-18-22-44(68)8-4)40-56-69(70)51(49)37-53-47-33-31-45(35-65(47)80-72(53)56)77(61-27-13-9-23-57(61)73)62-28-14-10-24-58(62)74;1-7-37-19-15-17-25-41(37)47-29-55-60-52(32-54-50-28-44(36(5)6)46(34-58(50)63-61(54)55)40-23-13-10-14-24-40)48(42-26-18-16-20-38(42)8-2)30-56-59(60)51(47)31-53-49-27-43(35(3)4)45(33-57(49)64-62(53)56)39-21-11-9-12-22-39/h9-40H,5-8H2,1-4H3;9-36H,7-8H2,1-6H3. The molecule has 0 saturated heterocycles. The molecule has 2 nitrogen and oxygen atoms in total. The Morgan fingerprint density at radius 3 is 0.792 bits per heavy atom. The van der Waals surface area contributed by atoms with Gasteiger partial charge in [-0.15, -0.1) is 45.3 Å². The molecule has 0 aliphatic carbocycles. The Bertz CT molecular complexity index is 9000. The summed E-state index contributed by atoms with van der Waals surface area (Å²) in [6, 6.07) is 123. The largest absolute Gasteiger partial charge is 0.305 e. The fourth-order valence-corrected chi connectivity index (χ4v) is 28.7. The van der Waals surface area contributed by atoms with Gasteiger partial charge in [0.1, 0.15) is 23.3 Å². The highest BCUT2D eigenvalue weighted by atomic mass is 32.1. The number of nitrogens with zero attached hydrogens (tertiary/aromatic N) is 2. The molecule has 0 saturated carbocycles. The third kappa shape index (κ3) is 14.5. The van der Waals surface area contributed by atoms with Gasteiger partial charge in [-0.05, 0) is 350 Å². The Balaban J connectivity index is 0.000000154. The molecule has 0 atom stereocenters. The van der Waals surface area contributed by atoms with E-state index in [1.165, 1.54) is 230 Å². The lowest BCUT2D eigenvalue weighted by molar-refractivity contribution is 0.619. The van der Waals surface area contributed by atoms with Crippen LogP contribution in [-0.4, -0.2) is 0 Å². The number of fused-ring (bicyclic) bond motifs is 16. The molecule has 0 aliphatic rings. The molecule has 0 radical (unpaired) electrons. The molecule has 4 heterocycles. The van der Waals surface area contributed by atoms with Gasteiger partial charge < -0.3 is 9.80 Å². The number of hydrogen-bond acceptors (Lipinski definition) is 6. The van der Waals surface area contributed by atoms with Crippen molar-refractivity contribution in [1.82, 2.24) is 0 Å². The van der Waals surface area contributed by atoms with Crippen LogP contribution in [-0.2, 0) is 38.5 Å². The van der Waals surface area contributed by atoms with Gasteiger partial charge in [-0.1, -0.05) is 275 Å². The number of aryl methyl sites for hydroxylation is 6. The van der Waals surface area contributed by atoms with Crippen molar-refractivity contribution in [3.05, 3.63) is 420 Å². The van der Waals surface area contributed by atoms with Gasteiger partial charge >= 0.3 is 0 Å². The molecule has 0 fully saturated rings. The smallest absolute Gasteiger partial charge is 0.147 e. The summed E-state index contributed by atoms with van der Waals surface area (Å²) in [4.78, 5) is 3.37. The Kier molecular flexibility index (Phi) is 22.7. The van der Waals surface area contributed by atoms with Crippen LogP contribution in [0, 0.1) is 23.3 Å². The average Bonchev–Trinajstić information content (AvgIpc) is 1.43. The fraction of sp³-hybridized carbons (Fsp3) is 0.134. The van der Waals surface area contributed by atoms with E-state index >= 15 is 17.6 Å². The lowest BCUT2D eigenvalue weighted by atomic mass is 9.81. The Labute approximate surface area is 851 Å². The molecule has 10 heteroatoms. The summed E-state index contributed by atoms with van der Waals surface area (Å²) in [5.74, 6) is -1.04. The lowest BCUT2D eigenvalue weighted by Crippen LogP contribution is -2.13. The van der Waals surface area contributed by atoms with Gasteiger partial charge in [0.15, 0.2) is 0 Å². The summed E-state index contributed by atoms with van der Waals surface area (Å²) >= 11 is 7.41. The van der Waals surface area contributed by atoms with Crippen molar-refractivity contribution < 1.29 is 17.6 Å². The zero-order valence-electron chi connectivity index (χ0n) is 81.9. The zero-order chi connectivity index (χ0) is 97.9. The van der Waals surface area contributed by atoms with Crippen molar-refractivity contribution in [3.63, 3.8) is 0 Å². The van der Waals surface area contributed by atoms with E-state index in [1.807, 2.05) is 34.8 Å². The predicted molar refractivity (Wildman–Crippen MR) is 618 cm³/mol. The number of para-hydroxylation sites is 4. The first-order valence-electron chi connectivity index (χ1n) is 50.7. The van der Waals surface area contributed by atoms with Crippen molar-refractivity contribution in [2.24, 2.45) is 0 Å². The van der Waals surface area contributed by atoms with Crippen molar-refractivity contribution in [2.45, 2.75) is 120 Å². The summed E-state index contributed by atoms with van der Waals surface area (Å²) < 4.78 is 73.6. The molecule has 26 aromatic rings. The van der Waals surface area contributed by atoms with Crippen LogP contribution < -0.4 is 9.80 Å². The number of rotatable bonds is 20. The molecule has 4 aromatic heterocycles. The van der Waals surface area contributed by atoms with E-state index in [4.69, 9.17) is 0 Å². The van der Waals surface area contributed by atoms with Gasteiger partial charge in [-0.25, -0.2) is 17.6 Å². The minimum Gasteiger partial charge on any atom is -0.305 e. The number of hydrogen-bond donors (Lipinski definition) is 0. The van der Waals surface area contributed by atoms with E-state index in [0.717, 1.165) is 89.6 Å². The molecule has 0 amide bonds. The molecule has 0 spiro atoms. The Hall–Kier alpha value is -14.9. The zero-order valence-corrected chi connectivity index (χ0v) is 85.2. The summed E-state index contributed by atoms with van der Waals surface area (Å²) in [6.45, 7) is 22.9. The van der Waals surface area contributed by atoms with E-state index < -0.39 is 23.3 Å². The van der Waals surface area contributed by atoms with Crippen LogP contribution in [0.3, 0.4) is 0 Å². The minimum atomic E-state index is -0.450. The van der Waals surface area contributed by atoms with Gasteiger partial charge in [0, 0.05) is 114 Å². The average molecular weight is 1940 g/mol. The summed E-state index contributed by atoms with van der Waals surface area (Å²) in [5.41, 5.74) is 28.5. The molecule has 26 rings (SSSR count). The molecular formula is C134H102F4N2S4. The molecular weight excluding hydrogens is 1840 g/mol. The van der Waals surface area contributed by atoms with E-state index in [1.54, 1.807) is 105 Å². The van der Waals surface area contributed by atoms with E-state index in [9.17, 15) is 0 Å². The second-order valence-electron chi connectivity index (χ2n) is 39.1. The maximum absolute atomic E-state index is 16.0. The Morgan fingerprint density at radius 2 is 0.479 bits per heavy atom.